The molecule has 0 aromatic heterocycles. The minimum absolute atomic E-state index is 0. The van der Waals surface area contributed by atoms with Gasteiger partial charge >= 0.3 is 0 Å². The molecule has 0 saturated carbocycles. The highest BCUT2D eigenvalue weighted by atomic mass is 79.9. The zero-order valence-electron chi connectivity index (χ0n) is 9.39. The van der Waals surface area contributed by atoms with Gasteiger partial charge in [-0.05, 0) is 24.8 Å². The first-order valence-electron chi connectivity index (χ1n) is 5.68. The number of amides is 1. The quantitative estimate of drug-likeness (QED) is 0.817. The van der Waals surface area contributed by atoms with Crippen LogP contribution >= 0.6 is 17.0 Å². The number of rotatable bonds is 2. The van der Waals surface area contributed by atoms with Crippen molar-refractivity contribution in [2.45, 2.75) is 25.7 Å². The molecule has 0 spiro atoms. The molecular weight excluding hydrogens is 266 g/mol. The molecular formula is C13H18BrNO. The van der Waals surface area contributed by atoms with Crippen molar-refractivity contribution in [1.29, 1.82) is 0 Å². The maximum atomic E-state index is 11.9. The van der Waals surface area contributed by atoms with Crippen LogP contribution in [0.1, 0.15) is 24.8 Å². The van der Waals surface area contributed by atoms with Crippen LogP contribution in [0.3, 0.4) is 0 Å². The van der Waals surface area contributed by atoms with Crippen LogP contribution in [0, 0.1) is 0 Å². The van der Waals surface area contributed by atoms with Gasteiger partial charge in [-0.15, -0.1) is 17.0 Å². The minimum atomic E-state index is 0. The molecule has 1 amide bonds. The van der Waals surface area contributed by atoms with Crippen molar-refractivity contribution < 1.29 is 4.79 Å². The summed E-state index contributed by atoms with van der Waals surface area (Å²) < 4.78 is 0. The monoisotopic (exact) mass is 283 g/mol. The van der Waals surface area contributed by atoms with E-state index in [1.165, 1.54) is 19.3 Å². The van der Waals surface area contributed by atoms with Gasteiger partial charge in [-0.25, -0.2) is 0 Å². The first kappa shape index (κ1) is 13.2. The second kappa shape index (κ2) is 6.69. The number of likely N-dealkylation sites (tertiary alicyclic amines) is 1. The van der Waals surface area contributed by atoms with Crippen molar-refractivity contribution in [2.24, 2.45) is 0 Å². The molecule has 1 fully saturated rings. The summed E-state index contributed by atoms with van der Waals surface area (Å²) in [6.45, 7) is 1.90. The van der Waals surface area contributed by atoms with E-state index < -0.39 is 0 Å². The van der Waals surface area contributed by atoms with Crippen molar-refractivity contribution in [3.8, 4) is 0 Å². The lowest BCUT2D eigenvalue weighted by Gasteiger charge is -2.26. The molecule has 3 heteroatoms. The molecule has 0 aliphatic carbocycles. The Morgan fingerprint density at radius 3 is 2.31 bits per heavy atom. The molecule has 2 nitrogen and oxygen atoms in total. The van der Waals surface area contributed by atoms with Gasteiger partial charge in [-0.1, -0.05) is 30.3 Å². The van der Waals surface area contributed by atoms with Crippen molar-refractivity contribution >= 4 is 22.9 Å². The summed E-state index contributed by atoms with van der Waals surface area (Å²) >= 11 is 0. The zero-order valence-corrected chi connectivity index (χ0v) is 11.1. The molecule has 1 saturated heterocycles. The van der Waals surface area contributed by atoms with Gasteiger partial charge in [0.05, 0.1) is 6.42 Å². The molecule has 0 bridgehead atoms. The lowest BCUT2D eigenvalue weighted by atomic mass is 10.1. The number of piperidine rings is 1. The Hall–Kier alpha value is -0.830. The maximum Gasteiger partial charge on any atom is 0.226 e. The maximum absolute atomic E-state index is 11.9. The number of benzene rings is 1. The lowest BCUT2D eigenvalue weighted by molar-refractivity contribution is -0.131. The van der Waals surface area contributed by atoms with Gasteiger partial charge in [0.25, 0.3) is 0 Å². The van der Waals surface area contributed by atoms with E-state index in [1.54, 1.807) is 0 Å². The number of nitrogens with zero attached hydrogens (tertiary/aromatic N) is 1. The van der Waals surface area contributed by atoms with Gasteiger partial charge in [-0.3, -0.25) is 4.79 Å². The Bertz CT molecular complexity index is 320. The molecule has 1 aliphatic heterocycles. The second-order valence-corrected chi connectivity index (χ2v) is 4.10. The fraction of sp³-hybridized carbons (Fsp3) is 0.462. The Morgan fingerprint density at radius 1 is 1.06 bits per heavy atom. The summed E-state index contributed by atoms with van der Waals surface area (Å²) in [6.07, 6.45) is 4.16. The average Bonchev–Trinajstić information content (AvgIpc) is 2.31. The number of halogens is 1. The van der Waals surface area contributed by atoms with Crippen molar-refractivity contribution in [3.63, 3.8) is 0 Å². The van der Waals surface area contributed by atoms with Gasteiger partial charge < -0.3 is 4.90 Å². The summed E-state index contributed by atoms with van der Waals surface area (Å²) in [5.74, 6) is 0.279. The average molecular weight is 284 g/mol. The van der Waals surface area contributed by atoms with Gasteiger partial charge in [0, 0.05) is 13.1 Å². The molecule has 88 valence electrons. The van der Waals surface area contributed by atoms with E-state index in [0.29, 0.717) is 6.42 Å². The molecule has 0 N–H and O–H groups in total. The fourth-order valence-electron chi connectivity index (χ4n) is 2.03. The molecule has 0 radical (unpaired) electrons. The molecule has 1 heterocycles. The molecule has 0 atom stereocenters. The smallest absolute Gasteiger partial charge is 0.226 e. The van der Waals surface area contributed by atoms with Crippen molar-refractivity contribution in [3.05, 3.63) is 35.9 Å². The Morgan fingerprint density at radius 2 is 1.69 bits per heavy atom. The Balaban J connectivity index is 0.00000128. The van der Waals surface area contributed by atoms with E-state index in [4.69, 9.17) is 0 Å². The topological polar surface area (TPSA) is 20.3 Å². The van der Waals surface area contributed by atoms with Crippen LogP contribution in [-0.2, 0) is 11.2 Å². The number of hydrogen-bond donors (Lipinski definition) is 0. The van der Waals surface area contributed by atoms with Crippen LogP contribution in [0.4, 0.5) is 0 Å². The van der Waals surface area contributed by atoms with E-state index in [0.717, 1.165) is 18.7 Å². The van der Waals surface area contributed by atoms with Crippen LogP contribution < -0.4 is 0 Å². The van der Waals surface area contributed by atoms with Crippen LogP contribution in [-0.4, -0.2) is 23.9 Å². The fourth-order valence-corrected chi connectivity index (χ4v) is 2.03. The summed E-state index contributed by atoms with van der Waals surface area (Å²) in [6, 6.07) is 9.98. The van der Waals surface area contributed by atoms with Crippen LogP contribution in [0.25, 0.3) is 0 Å². The molecule has 1 aromatic rings. The summed E-state index contributed by atoms with van der Waals surface area (Å²) in [5.41, 5.74) is 1.12. The largest absolute Gasteiger partial charge is 0.342 e. The molecule has 2 rings (SSSR count). The number of carbonyl (C=O) groups excluding carboxylic acids is 1. The first-order chi connectivity index (χ1) is 7.36. The van der Waals surface area contributed by atoms with Gasteiger partial charge in [0.1, 0.15) is 0 Å². The Kier molecular flexibility index (Phi) is 5.53. The van der Waals surface area contributed by atoms with Crippen LogP contribution in [0.2, 0.25) is 0 Å². The first-order valence-corrected chi connectivity index (χ1v) is 5.68. The van der Waals surface area contributed by atoms with Crippen LogP contribution in [0.5, 0.6) is 0 Å². The Labute approximate surface area is 107 Å². The normalized spacial score (nSPS) is 15.4. The summed E-state index contributed by atoms with van der Waals surface area (Å²) in [4.78, 5) is 13.9. The van der Waals surface area contributed by atoms with E-state index in [2.05, 4.69) is 0 Å². The SMILES string of the molecule is Br.O=C(Cc1ccccc1)N1CCCCC1. The third-order valence-electron chi connectivity index (χ3n) is 2.91. The van der Waals surface area contributed by atoms with Gasteiger partial charge in [0.2, 0.25) is 5.91 Å². The number of carbonyl (C=O) groups is 1. The third kappa shape index (κ3) is 3.63. The van der Waals surface area contributed by atoms with E-state index in [1.807, 2.05) is 35.2 Å². The molecule has 1 aliphatic rings. The van der Waals surface area contributed by atoms with Crippen LogP contribution in [0.15, 0.2) is 30.3 Å². The predicted octanol–water partition coefficient (Wildman–Crippen LogP) is 2.82. The molecule has 16 heavy (non-hydrogen) atoms. The van der Waals surface area contributed by atoms with Gasteiger partial charge in [-0.2, -0.15) is 0 Å². The number of hydrogen-bond acceptors (Lipinski definition) is 1. The predicted molar refractivity (Wildman–Crippen MR) is 70.9 cm³/mol. The summed E-state index contributed by atoms with van der Waals surface area (Å²) in [7, 11) is 0. The van der Waals surface area contributed by atoms with Crippen molar-refractivity contribution in [1.82, 2.24) is 4.90 Å². The summed E-state index contributed by atoms with van der Waals surface area (Å²) in [5, 5.41) is 0. The molecule has 0 unspecified atom stereocenters. The van der Waals surface area contributed by atoms with E-state index in [9.17, 15) is 4.79 Å². The highest BCUT2D eigenvalue weighted by Gasteiger charge is 2.16. The highest BCUT2D eigenvalue weighted by Crippen LogP contribution is 2.11. The van der Waals surface area contributed by atoms with E-state index in [-0.39, 0.29) is 22.9 Å². The highest BCUT2D eigenvalue weighted by molar-refractivity contribution is 8.93. The second-order valence-electron chi connectivity index (χ2n) is 4.10. The zero-order chi connectivity index (χ0) is 10.5. The minimum Gasteiger partial charge on any atom is -0.342 e. The molecule has 1 aromatic carbocycles. The van der Waals surface area contributed by atoms with E-state index >= 15 is 0 Å². The van der Waals surface area contributed by atoms with Gasteiger partial charge in [0.15, 0.2) is 0 Å². The standard InChI is InChI=1S/C13H17NO.BrH/c15-13(14-9-5-2-6-10-14)11-12-7-3-1-4-8-12;/h1,3-4,7-8H,2,5-6,9-11H2;1H. The third-order valence-corrected chi connectivity index (χ3v) is 2.91. The van der Waals surface area contributed by atoms with Crippen molar-refractivity contribution in [2.75, 3.05) is 13.1 Å². The lowest BCUT2D eigenvalue weighted by Crippen LogP contribution is -2.36.